The Morgan fingerprint density at radius 1 is 0.611 bits per heavy atom. The molecule has 0 fully saturated rings. The molecular weight excluding hydrogens is 528 g/mol. The van der Waals surface area contributed by atoms with Crippen molar-refractivity contribution in [2.45, 2.75) is 4.90 Å². The highest BCUT2D eigenvalue weighted by molar-refractivity contribution is 7.85. The van der Waals surface area contributed by atoms with E-state index in [1.807, 2.05) is 0 Å². The first-order valence-corrected chi connectivity index (χ1v) is 10.9. The van der Waals surface area contributed by atoms with Crippen molar-refractivity contribution in [2.75, 3.05) is 0 Å². The molecule has 0 saturated carbocycles. The summed E-state index contributed by atoms with van der Waals surface area (Å²) in [6.45, 7) is 0. The van der Waals surface area contributed by atoms with Crippen LogP contribution in [-0.2, 0) is 10.1 Å². The number of fused-ring (bicyclic) bond motifs is 1. The van der Waals surface area contributed by atoms with Crippen LogP contribution in [0.15, 0.2) is 35.2 Å². The van der Waals surface area contributed by atoms with Crippen LogP contribution in [0.4, 0.5) is 35.1 Å². The minimum atomic E-state index is -4.87. The SMILES string of the molecule is O=S(=O)(O)c1cc2c3c(cccc3c1)Oc1c(F)c(F)c(-c3c(F)c(F)c(F)c(F)c3F)c(F)c1O2. The standard InChI is InChI=1S/C22H6F8O5S/c23-13-11(14(24)18(28)19(29)17(13)27)12-15(25)20(30)22-21(16(12)26)35-9-5-7(36(31,32)33)4-6-2-1-3-8(34-22)10(6)9/h1-5H,(H,31,32,33). The summed E-state index contributed by atoms with van der Waals surface area (Å²) in [4.78, 5) is -0.770. The molecule has 1 aliphatic rings. The van der Waals surface area contributed by atoms with Gasteiger partial charge in [0.1, 0.15) is 11.5 Å². The summed E-state index contributed by atoms with van der Waals surface area (Å²) >= 11 is 0. The molecule has 0 aromatic heterocycles. The van der Waals surface area contributed by atoms with Gasteiger partial charge in [0, 0.05) is 6.07 Å². The lowest BCUT2D eigenvalue weighted by Crippen LogP contribution is -2.08. The summed E-state index contributed by atoms with van der Waals surface area (Å²) in [5.41, 5.74) is -4.12. The van der Waals surface area contributed by atoms with E-state index in [-0.39, 0.29) is 16.5 Å². The van der Waals surface area contributed by atoms with E-state index in [1.165, 1.54) is 18.2 Å². The number of benzene rings is 4. The van der Waals surface area contributed by atoms with E-state index < -0.39 is 89.9 Å². The topological polar surface area (TPSA) is 72.8 Å². The van der Waals surface area contributed by atoms with Gasteiger partial charge in [-0.1, -0.05) is 12.1 Å². The molecule has 14 heteroatoms. The summed E-state index contributed by atoms with van der Waals surface area (Å²) in [7, 11) is -4.87. The van der Waals surface area contributed by atoms with Gasteiger partial charge in [-0.05, 0) is 17.5 Å². The van der Waals surface area contributed by atoms with Gasteiger partial charge in [-0.2, -0.15) is 12.8 Å². The molecule has 0 radical (unpaired) electrons. The summed E-state index contributed by atoms with van der Waals surface area (Å²) in [5.74, 6) is -23.3. The zero-order valence-corrected chi connectivity index (χ0v) is 17.7. The Balaban J connectivity index is 1.87. The average molecular weight is 534 g/mol. The summed E-state index contributed by atoms with van der Waals surface area (Å²) in [6.07, 6.45) is 0. The molecule has 0 bridgehead atoms. The van der Waals surface area contributed by atoms with Crippen LogP contribution in [0.1, 0.15) is 0 Å². The molecule has 4 aromatic carbocycles. The van der Waals surface area contributed by atoms with Gasteiger partial charge in [-0.15, -0.1) is 0 Å². The Morgan fingerprint density at radius 2 is 1.11 bits per heavy atom. The van der Waals surface area contributed by atoms with Crippen LogP contribution in [0.3, 0.4) is 0 Å². The highest BCUT2D eigenvalue weighted by Gasteiger charge is 2.37. The van der Waals surface area contributed by atoms with E-state index in [0.717, 1.165) is 6.07 Å². The number of halogens is 8. The third-order valence-electron chi connectivity index (χ3n) is 5.29. The maximum Gasteiger partial charge on any atom is 0.294 e. The molecule has 1 heterocycles. The smallest absolute Gasteiger partial charge is 0.294 e. The predicted octanol–water partition coefficient (Wildman–Crippen LogP) is 6.76. The van der Waals surface area contributed by atoms with Crippen LogP contribution in [0.5, 0.6) is 23.0 Å². The van der Waals surface area contributed by atoms with Crippen molar-refractivity contribution in [1.29, 1.82) is 0 Å². The number of rotatable bonds is 2. The van der Waals surface area contributed by atoms with Crippen molar-refractivity contribution in [3.8, 4) is 34.1 Å². The van der Waals surface area contributed by atoms with E-state index in [1.54, 1.807) is 0 Å². The van der Waals surface area contributed by atoms with Gasteiger partial charge in [0.2, 0.25) is 23.1 Å². The normalized spacial score (nSPS) is 12.7. The summed E-state index contributed by atoms with van der Waals surface area (Å²) in [5, 5.41) is -0.107. The second-order valence-electron chi connectivity index (χ2n) is 7.37. The Bertz CT molecular complexity index is 1730. The van der Waals surface area contributed by atoms with Crippen LogP contribution in [0, 0.1) is 46.5 Å². The summed E-state index contributed by atoms with van der Waals surface area (Å²) < 4.78 is 158. The fourth-order valence-corrected chi connectivity index (χ4v) is 4.24. The molecule has 0 spiro atoms. The van der Waals surface area contributed by atoms with E-state index in [4.69, 9.17) is 9.47 Å². The molecule has 5 nitrogen and oxygen atoms in total. The fraction of sp³-hybridized carbons (Fsp3) is 0. The maximum absolute atomic E-state index is 15.5. The van der Waals surface area contributed by atoms with Gasteiger partial charge in [-0.25, -0.2) is 30.7 Å². The zero-order valence-electron chi connectivity index (χ0n) is 16.9. The fourth-order valence-electron chi connectivity index (χ4n) is 3.71. The third-order valence-corrected chi connectivity index (χ3v) is 6.13. The molecule has 0 unspecified atom stereocenters. The number of ether oxygens (including phenoxy) is 2. The minimum absolute atomic E-state index is 0.00621. The lowest BCUT2D eigenvalue weighted by molar-refractivity contribution is 0.368. The van der Waals surface area contributed by atoms with Crippen molar-refractivity contribution in [1.82, 2.24) is 0 Å². The lowest BCUT2D eigenvalue weighted by atomic mass is 10.0. The zero-order chi connectivity index (χ0) is 26.3. The number of hydrogen-bond donors (Lipinski definition) is 1. The van der Waals surface area contributed by atoms with Crippen LogP contribution in [-0.4, -0.2) is 13.0 Å². The summed E-state index contributed by atoms with van der Waals surface area (Å²) in [6, 6.07) is 5.36. The van der Waals surface area contributed by atoms with E-state index in [2.05, 4.69) is 0 Å². The van der Waals surface area contributed by atoms with Crippen LogP contribution < -0.4 is 9.47 Å². The first-order chi connectivity index (χ1) is 16.8. The predicted molar refractivity (Wildman–Crippen MR) is 105 cm³/mol. The van der Waals surface area contributed by atoms with Crippen LogP contribution in [0.2, 0.25) is 0 Å². The quantitative estimate of drug-likeness (QED) is 0.117. The van der Waals surface area contributed by atoms with E-state index >= 15 is 8.78 Å². The third kappa shape index (κ3) is 3.28. The highest BCUT2D eigenvalue weighted by Crippen LogP contribution is 2.51. The molecule has 186 valence electrons. The minimum Gasteiger partial charge on any atom is -0.449 e. The molecule has 0 aliphatic carbocycles. The van der Waals surface area contributed by atoms with Gasteiger partial charge < -0.3 is 9.47 Å². The second-order valence-corrected chi connectivity index (χ2v) is 8.80. The molecule has 5 rings (SSSR count). The first-order valence-electron chi connectivity index (χ1n) is 9.45. The van der Waals surface area contributed by atoms with Crippen molar-refractivity contribution >= 4 is 20.9 Å². The molecule has 36 heavy (non-hydrogen) atoms. The van der Waals surface area contributed by atoms with E-state index in [0.29, 0.717) is 6.07 Å². The van der Waals surface area contributed by atoms with Gasteiger partial charge in [0.25, 0.3) is 10.1 Å². The van der Waals surface area contributed by atoms with Crippen molar-refractivity contribution in [3.05, 3.63) is 76.9 Å². The lowest BCUT2D eigenvalue weighted by Gasteiger charge is -2.16. The van der Waals surface area contributed by atoms with Crippen molar-refractivity contribution < 1.29 is 57.6 Å². The monoisotopic (exact) mass is 534 g/mol. The maximum atomic E-state index is 15.5. The second kappa shape index (κ2) is 7.80. The largest absolute Gasteiger partial charge is 0.449 e. The molecule has 0 atom stereocenters. The first kappa shape index (κ1) is 23.8. The molecule has 1 aliphatic heterocycles. The number of hydrogen-bond acceptors (Lipinski definition) is 4. The van der Waals surface area contributed by atoms with Crippen molar-refractivity contribution in [3.63, 3.8) is 0 Å². The van der Waals surface area contributed by atoms with Gasteiger partial charge >= 0.3 is 0 Å². The van der Waals surface area contributed by atoms with Crippen molar-refractivity contribution in [2.24, 2.45) is 0 Å². The van der Waals surface area contributed by atoms with Crippen LogP contribution >= 0.6 is 0 Å². The Morgan fingerprint density at radius 3 is 1.72 bits per heavy atom. The van der Waals surface area contributed by atoms with Crippen LogP contribution in [0.25, 0.3) is 21.9 Å². The van der Waals surface area contributed by atoms with Gasteiger partial charge in [0.05, 0.1) is 21.4 Å². The Kier molecular flexibility index (Phi) is 5.16. The Hall–Kier alpha value is -3.91. The van der Waals surface area contributed by atoms with E-state index in [9.17, 15) is 39.3 Å². The molecule has 4 aromatic rings. The Labute approximate surface area is 194 Å². The van der Waals surface area contributed by atoms with Gasteiger partial charge in [-0.3, -0.25) is 4.55 Å². The average Bonchev–Trinajstić information content (AvgIpc) is 3.00. The molecule has 0 saturated heterocycles. The highest BCUT2D eigenvalue weighted by atomic mass is 32.2. The molecule has 1 N–H and O–H groups in total. The molecular formula is C22H6F8O5S. The van der Waals surface area contributed by atoms with Gasteiger partial charge in [0.15, 0.2) is 34.9 Å². The molecule has 0 amide bonds.